The summed E-state index contributed by atoms with van der Waals surface area (Å²) in [5.74, 6) is 1.01. The number of hydrogen-bond donors (Lipinski definition) is 1. The highest BCUT2D eigenvalue weighted by molar-refractivity contribution is 6.10. The van der Waals surface area contributed by atoms with Crippen molar-refractivity contribution < 1.29 is 14.3 Å². The van der Waals surface area contributed by atoms with E-state index in [1.165, 1.54) is 5.01 Å². The molecule has 0 aliphatic carbocycles. The summed E-state index contributed by atoms with van der Waals surface area (Å²) in [5, 5.41) is 27.3. The van der Waals surface area contributed by atoms with Crippen LogP contribution in [0.25, 0.3) is 0 Å². The minimum Gasteiger partial charge on any atom is -0.493 e. The highest BCUT2D eigenvalue weighted by Gasteiger charge is 2.21. The van der Waals surface area contributed by atoms with E-state index >= 15 is 0 Å². The Morgan fingerprint density at radius 1 is 1.05 bits per heavy atom. The summed E-state index contributed by atoms with van der Waals surface area (Å²) in [5.41, 5.74) is 6.04. The van der Waals surface area contributed by atoms with E-state index in [1.54, 1.807) is 43.5 Å². The summed E-state index contributed by atoms with van der Waals surface area (Å²) in [6.45, 7) is 0.913. The maximum Gasteiger partial charge on any atom is 0.273 e. The number of nitrogens with one attached hydrogen (secondary N) is 1. The van der Waals surface area contributed by atoms with E-state index in [4.69, 9.17) is 20.0 Å². The Bertz CT molecular complexity index is 1390. The lowest BCUT2D eigenvalue weighted by molar-refractivity contribution is 0.0751. The van der Waals surface area contributed by atoms with Crippen LogP contribution >= 0.6 is 0 Å². The fourth-order valence-electron chi connectivity index (χ4n) is 3.73. The third-order valence-corrected chi connectivity index (χ3v) is 5.63. The van der Waals surface area contributed by atoms with Crippen molar-refractivity contribution in [1.29, 1.82) is 10.5 Å². The SMILES string of the molecule is COc1ccc(C2=NN(C(=O)c3ccc(NN=C(C#N)C#N)cc3)CCC2)cc1OCc1ccccc1. The molecular formula is C28H24N6O3. The van der Waals surface area contributed by atoms with Crippen LogP contribution in [0.3, 0.4) is 0 Å². The van der Waals surface area contributed by atoms with Crippen LogP contribution < -0.4 is 14.9 Å². The second-order valence-corrected chi connectivity index (χ2v) is 8.09. The molecule has 0 bridgehead atoms. The molecule has 3 aromatic rings. The van der Waals surface area contributed by atoms with Gasteiger partial charge in [0.1, 0.15) is 18.7 Å². The zero-order valence-electron chi connectivity index (χ0n) is 20.2. The van der Waals surface area contributed by atoms with Crippen LogP contribution in [-0.4, -0.2) is 36.0 Å². The highest BCUT2D eigenvalue weighted by Crippen LogP contribution is 2.30. The molecule has 3 aromatic carbocycles. The Kier molecular flexibility index (Phi) is 8.10. The van der Waals surface area contributed by atoms with Gasteiger partial charge in [0.15, 0.2) is 11.5 Å². The van der Waals surface area contributed by atoms with E-state index in [-0.39, 0.29) is 11.6 Å². The fourth-order valence-corrected chi connectivity index (χ4v) is 3.73. The molecule has 184 valence electrons. The molecule has 0 aromatic heterocycles. The predicted molar refractivity (Wildman–Crippen MR) is 139 cm³/mol. The largest absolute Gasteiger partial charge is 0.493 e. The van der Waals surface area contributed by atoms with Crippen LogP contribution in [0.1, 0.15) is 34.3 Å². The number of anilines is 1. The molecule has 1 aliphatic heterocycles. The topological polar surface area (TPSA) is 123 Å². The zero-order valence-corrected chi connectivity index (χ0v) is 20.2. The molecule has 1 N–H and O–H groups in total. The summed E-state index contributed by atoms with van der Waals surface area (Å²) in [7, 11) is 1.60. The van der Waals surface area contributed by atoms with Crippen molar-refractivity contribution in [3.63, 3.8) is 0 Å². The Labute approximate surface area is 214 Å². The van der Waals surface area contributed by atoms with E-state index < -0.39 is 0 Å². The van der Waals surface area contributed by atoms with Crippen LogP contribution in [0.15, 0.2) is 83.0 Å². The van der Waals surface area contributed by atoms with Gasteiger partial charge in [-0.05, 0) is 60.9 Å². The van der Waals surface area contributed by atoms with Crippen LogP contribution in [-0.2, 0) is 6.61 Å². The lowest BCUT2D eigenvalue weighted by Crippen LogP contribution is -2.32. The molecule has 0 unspecified atom stereocenters. The van der Waals surface area contributed by atoms with E-state index in [0.717, 1.165) is 29.7 Å². The van der Waals surface area contributed by atoms with Gasteiger partial charge in [-0.15, -0.1) is 0 Å². The third-order valence-electron chi connectivity index (χ3n) is 5.63. The summed E-state index contributed by atoms with van der Waals surface area (Å²) in [6, 6.07) is 25.5. The predicted octanol–water partition coefficient (Wildman–Crippen LogP) is 4.73. The van der Waals surface area contributed by atoms with Gasteiger partial charge in [0.25, 0.3) is 5.91 Å². The normalized spacial score (nSPS) is 12.4. The number of methoxy groups -OCH3 is 1. The van der Waals surface area contributed by atoms with Gasteiger partial charge >= 0.3 is 0 Å². The summed E-state index contributed by atoms with van der Waals surface area (Å²) in [6.07, 6.45) is 1.51. The van der Waals surface area contributed by atoms with E-state index in [0.29, 0.717) is 35.9 Å². The number of nitrogens with zero attached hydrogens (tertiary/aromatic N) is 5. The summed E-state index contributed by atoms with van der Waals surface area (Å²) < 4.78 is 11.5. The Balaban J connectivity index is 1.49. The average molecular weight is 493 g/mol. The van der Waals surface area contributed by atoms with E-state index in [9.17, 15) is 4.79 Å². The first kappa shape index (κ1) is 25.0. The van der Waals surface area contributed by atoms with Gasteiger partial charge in [0.05, 0.1) is 18.5 Å². The van der Waals surface area contributed by atoms with Crippen molar-refractivity contribution in [2.24, 2.45) is 10.2 Å². The molecule has 0 atom stereocenters. The second-order valence-electron chi connectivity index (χ2n) is 8.09. The number of hydrazone groups is 2. The average Bonchev–Trinajstić information content (AvgIpc) is 2.97. The first-order valence-corrected chi connectivity index (χ1v) is 11.6. The molecule has 9 heteroatoms. The maximum atomic E-state index is 13.1. The highest BCUT2D eigenvalue weighted by atomic mass is 16.5. The Morgan fingerprint density at radius 2 is 1.81 bits per heavy atom. The number of amides is 1. The van der Waals surface area contributed by atoms with Crippen molar-refractivity contribution in [3.8, 4) is 23.6 Å². The van der Waals surface area contributed by atoms with Gasteiger partial charge in [0.2, 0.25) is 5.71 Å². The van der Waals surface area contributed by atoms with Gasteiger partial charge in [-0.2, -0.15) is 20.7 Å². The van der Waals surface area contributed by atoms with Crippen LogP contribution in [0.4, 0.5) is 5.69 Å². The van der Waals surface area contributed by atoms with Gasteiger partial charge < -0.3 is 9.47 Å². The number of benzene rings is 3. The smallest absolute Gasteiger partial charge is 0.273 e. The number of hydrogen-bond acceptors (Lipinski definition) is 8. The summed E-state index contributed by atoms with van der Waals surface area (Å²) in [4.78, 5) is 13.1. The number of ether oxygens (including phenoxy) is 2. The molecule has 1 aliphatic rings. The molecule has 0 radical (unpaired) electrons. The number of rotatable bonds is 8. The summed E-state index contributed by atoms with van der Waals surface area (Å²) >= 11 is 0. The molecule has 0 spiro atoms. The lowest BCUT2D eigenvalue weighted by atomic mass is 10.0. The van der Waals surface area contributed by atoms with Crippen LogP contribution in [0.5, 0.6) is 11.5 Å². The Hall–Kier alpha value is -5.15. The van der Waals surface area contributed by atoms with Gasteiger partial charge in [-0.3, -0.25) is 10.2 Å². The van der Waals surface area contributed by atoms with Crippen molar-refractivity contribution in [3.05, 3.63) is 89.5 Å². The molecule has 0 saturated heterocycles. The standard InChI is InChI=1S/C28H24N6O3/c1-36-26-14-11-22(16-27(26)37-19-20-6-3-2-4-7-20)25-8-5-15-34(33-25)28(35)21-9-12-23(13-10-21)31-32-24(17-29)18-30/h2-4,6-7,9-14,16,31H,5,8,15,19H2,1H3. The maximum absolute atomic E-state index is 13.1. The lowest BCUT2D eigenvalue weighted by Gasteiger charge is -2.24. The van der Waals surface area contributed by atoms with Crippen LogP contribution in [0.2, 0.25) is 0 Å². The zero-order chi connectivity index (χ0) is 26.0. The van der Waals surface area contributed by atoms with Crippen molar-refractivity contribution in [2.75, 3.05) is 19.1 Å². The first-order chi connectivity index (χ1) is 18.1. The molecule has 0 fully saturated rings. The molecule has 1 heterocycles. The quantitative estimate of drug-likeness (QED) is 0.358. The molecule has 37 heavy (non-hydrogen) atoms. The van der Waals surface area contributed by atoms with Crippen molar-refractivity contribution >= 4 is 23.0 Å². The van der Waals surface area contributed by atoms with Crippen LogP contribution in [0, 0.1) is 22.7 Å². The fraction of sp³-hybridized carbons (Fsp3) is 0.179. The van der Waals surface area contributed by atoms with Gasteiger partial charge in [0, 0.05) is 17.7 Å². The van der Waals surface area contributed by atoms with Gasteiger partial charge in [-0.1, -0.05) is 30.3 Å². The van der Waals surface area contributed by atoms with Crippen molar-refractivity contribution in [1.82, 2.24) is 5.01 Å². The third kappa shape index (κ3) is 6.30. The molecule has 1 amide bonds. The molecule has 0 saturated carbocycles. The van der Waals surface area contributed by atoms with Gasteiger partial charge in [-0.25, -0.2) is 5.01 Å². The minimum absolute atomic E-state index is 0.226. The second kappa shape index (κ2) is 12.0. The number of nitriles is 2. The minimum atomic E-state index is -0.289. The first-order valence-electron chi connectivity index (χ1n) is 11.6. The number of carbonyl (C=O) groups excluding carboxylic acids is 1. The Morgan fingerprint density at radius 3 is 2.51 bits per heavy atom. The molecule has 4 rings (SSSR count). The molecular weight excluding hydrogens is 468 g/mol. The van der Waals surface area contributed by atoms with E-state index in [1.807, 2.05) is 48.5 Å². The van der Waals surface area contributed by atoms with Crippen molar-refractivity contribution in [2.45, 2.75) is 19.4 Å². The van der Waals surface area contributed by atoms with E-state index in [2.05, 4.69) is 15.6 Å². The number of carbonyl (C=O) groups is 1. The monoisotopic (exact) mass is 492 g/mol. The molecule has 9 nitrogen and oxygen atoms in total.